The predicted octanol–water partition coefficient (Wildman–Crippen LogP) is 3.78. The van der Waals surface area contributed by atoms with Gasteiger partial charge in [0.2, 0.25) is 5.88 Å². The fourth-order valence-corrected chi connectivity index (χ4v) is 3.99. The first kappa shape index (κ1) is 19.1. The first-order valence-electron chi connectivity index (χ1n) is 9.76. The zero-order valence-electron chi connectivity index (χ0n) is 16.9. The van der Waals surface area contributed by atoms with E-state index in [9.17, 15) is 4.79 Å². The van der Waals surface area contributed by atoms with Crippen molar-refractivity contribution in [3.8, 4) is 17.1 Å². The van der Waals surface area contributed by atoms with Gasteiger partial charge < -0.3 is 14.2 Å². The maximum absolute atomic E-state index is 12.9. The molecule has 4 heterocycles. The Balaban J connectivity index is 1.48. The summed E-state index contributed by atoms with van der Waals surface area (Å²) in [6.45, 7) is 5.23. The van der Waals surface area contributed by atoms with Crippen molar-refractivity contribution < 1.29 is 14.1 Å². The number of ether oxygens (including phenoxy) is 1. The van der Waals surface area contributed by atoms with Crippen LogP contribution in [0.4, 0.5) is 0 Å². The number of likely N-dealkylation sites (tertiary alicyclic amines) is 1. The van der Waals surface area contributed by atoms with Crippen LogP contribution in [0.5, 0.6) is 5.88 Å². The molecule has 0 aliphatic carbocycles. The van der Waals surface area contributed by atoms with Crippen LogP contribution in [-0.2, 0) is 0 Å². The van der Waals surface area contributed by atoms with E-state index in [-0.39, 0.29) is 5.91 Å². The highest BCUT2D eigenvalue weighted by Gasteiger charge is 2.27. The van der Waals surface area contributed by atoms with Gasteiger partial charge in [0, 0.05) is 25.5 Å². The number of carbonyl (C=O) groups excluding carboxylic acids is 1. The third-order valence-corrected chi connectivity index (χ3v) is 5.52. The molecule has 1 aliphatic rings. The summed E-state index contributed by atoms with van der Waals surface area (Å²) in [5, 5.41) is 4.03. The summed E-state index contributed by atoms with van der Waals surface area (Å²) in [4.78, 5) is 23.4. The van der Waals surface area contributed by atoms with E-state index >= 15 is 0 Å². The Bertz CT molecular complexity index is 1000. The molecule has 0 atom stereocenters. The molecule has 3 aromatic rings. The van der Waals surface area contributed by atoms with Crippen molar-refractivity contribution in [1.29, 1.82) is 0 Å². The number of rotatable bonds is 4. The first-order chi connectivity index (χ1) is 14.1. The molecule has 0 aromatic carbocycles. The molecule has 3 aromatic heterocycles. The molecule has 150 valence electrons. The first-order valence-corrected chi connectivity index (χ1v) is 9.76. The zero-order chi connectivity index (χ0) is 20.4. The molecule has 0 saturated carbocycles. The lowest BCUT2D eigenvalue weighted by atomic mass is 9.89. The normalized spacial score (nSPS) is 14.8. The summed E-state index contributed by atoms with van der Waals surface area (Å²) in [6.07, 6.45) is 5.27. The van der Waals surface area contributed by atoms with Crippen molar-refractivity contribution in [3.05, 3.63) is 59.2 Å². The van der Waals surface area contributed by atoms with Crippen LogP contribution in [0.2, 0.25) is 0 Å². The molecule has 29 heavy (non-hydrogen) atoms. The Morgan fingerprint density at radius 3 is 2.66 bits per heavy atom. The van der Waals surface area contributed by atoms with E-state index in [4.69, 9.17) is 9.26 Å². The molecule has 0 bridgehead atoms. The molecule has 1 fully saturated rings. The Morgan fingerprint density at radius 2 is 1.97 bits per heavy atom. The Morgan fingerprint density at radius 1 is 1.17 bits per heavy atom. The second-order valence-corrected chi connectivity index (χ2v) is 7.30. The molecule has 1 aliphatic heterocycles. The van der Waals surface area contributed by atoms with Crippen LogP contribution in [-0.4, -0.2) is 46.1 Å². The van der Waals surface area contributed by atoms with Crippen molar-refractivity contribution in [2.45, 2.75) is 32.6 Å². The highest BCUT2D eigenvalue weighted by molar-refractivity contribution is 5.96. The van der Waals surface area contributed by atoms with Crippen LogP contribution in [0.1, 0.15) is 46.1 Å². The van der Waals surface area contributed by atoms with Crippen LogP contribution in [0.3, 0.4) is 0 Å². The third kappa shape index (κ3) is 3.72. The van der Waals surface area contributed by atoms with Gasteiger partial charge in [-0.05, 0) is 62.4 Å². The summed E-state index contributed by atoms with van der Waals surface area (Å²) in [5.74, 6) is 1.51. The van der Waals surface area contributed by atoms with Gasteiger partial charge in [0.15, 0.2) is 0 Å². The minimum absolute atomic E-state index is 0.0282. The van der Waals surface area contributed by atoms with Gasteiger partial charge >= 0.3 is 0 Å². The number of aryl methyl sites for hydroxylation is 2. The van der Waals surface area contributed by atoms with Gasteiger partial charge in [0.05, 0.1) is 24.1 Å². The fourth-order valence-electron chi connectivity index (χ4n) is 3.99. The maximum Gasteiger partial charge on any atom is 0.259 e. The number of hydrogen-bond acceptors (Lipinski definition) is 6. The quantitative estimate of drug-likeness (QED) is 0.672. The maximum atomic E-state index is 12.9. The smallest absolute Gasteiger partial charge is 0.259 e. The Hall–Kier alpha value is -3.22. The van der Waals surface area contributed by atoms with Crippen molar-refractivity contribution in [2.75, 3.05) is 20.2 Å². The summed E-state index contributed by atoms with van der Waals surface area (Å²) in [6, 6.07) is 7.71. The lowest BCUT2D eigenvalue weighted by molar-refractivity contribution is 0.0708. The molecular formula is C22H24N4O3. The number of hydrogen-bond donors (Lipinski definition) is 0. The van der Waals surface area contributed by atoms with E-state index in [2.05, 4.69) is 27.3 Å². The molecule has 4 rings (SSSR count). The number of aromatic nitrogens is 3. The van der Waals surface area contributed by atoms with Crippen LogP contribution < -0.4 is 4.74 Å². The highest BCUT2D eigenvalue weighted by Crippen LogP contribution is 2.32. The topological polar surface area (TPSA) is 81.4 Å². The highest BCUT2D eigenvalue weighted by atomic mass is 16.5. The summed E-state index contributed by atoms with van der Waals surface area (Å²) in [5.41, 5.74) is 4.44. The second kappa shape index (κ2) is 8.03. The number of pyridine rings is 2. The molecule has 1 amide bonds. The second-order valence-electron chi connectivity index (χ2n) is 7.30. The third-order valence-electron chi connectivity index (χ3n) is 5.52. The monoisotopic (exact) mass is 392 g/mol. The van der Waals surface area contributed by atoms with E-state index < -0.39 is 0 Å². The van der Waals surface area contributed by atoms with E-state index in [0.29, 0.717) is 30.5 Å². The molecule has 0 unspecified atom stereocenters. The van der Waals surface area contributed by atoms with Crippen molar-refractivity contribution in [3.63, 3.8) is 0 Å². The minimum Gasteiger partial charge on any atom is -0.480 e. The van der Waals surface area contributed by atoms with Gasteiger partial charge in [-0.25, -0.2) is 4.98 Å². The summed E-state index contributed by atoms with van der Waals surface area (Å²) < 4.78 is 10.5. The van der Waals surface area contributed by atoms with Crippen molar-refractivity contribution in [1.82, 2.24) is 20.0 Å². The number of carbonyl (C=O) groups is 1. The number of amides is 1. The van der Waals surface area contributed by atoms with Gasteiger partial charge in [-0.1, -0.05) is 5.16 Å². The zero-order valence-corrected chi connectivity index (χ0v) is 16.9. The summed E-state index contributed by atoms with van der Waals surface area (Å²) in [7, 11) is 1.53. The molecule has 0 radical (unpaired) electrons. The lowest BCUT2D eigenvalue weighted by Crippen LogP contribution is -2.38. The van der Waals surface area contributed by atoms with Gasteiger partial charge in [0.1, 0.15) is 11.3 Å². The van der Waals surface area contributed by atoms with E-state index in [0.717, 1.165) is 35.6 Å². The average molecular weight is 392 g/mol. The lowest BCUT2D eigenvalue weighted by Gasteiger charge is -2.32. The molecule has 7 heteroatoms. The standard InChI is InChI=1S/C22H24N4O3/c1-14-20(15(2)29-25-14)19-13-17(6-10-23-19)16-7-11-26(12-8-16)22(27)18-5-4-9-24-21(18)28-3/h4-6,9-10,13,16H,7-8,11-12H2,1-3H3. The number of piperidine rings is 1. The summed E-state index contributed by atoms with van der Waals surface area (Å²) >= 11 is 0. The van der Waals surface area contributed by atoms with Crippen molar-refractivity contribution >= 4 is 5.91 Å². The van der Waals surface area contributed by atoms with Crippen LogP contribution in [0, 0.1) is 13.8 Å². The molecule has 7 nitrogen and oxygen atoms in total. The van der Waals surface area contributed by atoms with Gasteiger partial charge in [-0.15, -0.1) is 0 Å². The SMILES string of the molecule is COc1ncccc1C(=O)N1CCC(c2ccnc(-c3c(C)noc3C)c2)CC1. The average Bonchev–Trinajstić information content (AvgIpc) is 3.11. The van der Waals surface area contributed by atoms with Gasteiger partial charge in [-0.2, -0.15) is 0 Å². The molecule has 1 saturated heterocycles. The van der Waals surface area contributed by atoms with Gasteiger partial charge in [-0.3, -0.25) is 9.78 Å². The van der Waals surface area contributed by atoms with E-state index in [1.165, 1.54) is 12.7 Å². The van der Waals surface area contributed by atoms with Crippen LogP contribution >= 0.6 is 0 Å². The molecule has 0 N–H and O–H groups in total. The van der Waals surface area contributed by atoms with Crippen LogP contribution in [0.25, 0.3) is 11.3 Å². The molecular weight excluding hydrogens is 368 g/mol. The van der Waals surface area contributed by atoms with Crippen LogP contribution in [0.15, 0.2) is 41.2 Å². The number of nitrogens with zero attached hydrogens (tertiary/aromatic N) is 4. The minimum atomic E-state index is -0.0282. The number of methoxy groups -OCH3 is 1. The largest absolute Gasteiger partial charge is 0.480 e. The fraction of sp³-hybridized carbons (Fsp3) is 0.364. The Kier molecular flexibility index (Phi) is 5.29. The van der Waals surface area contributed by atoms with E-state index in [1.54, 1.807) is 18.3 Å². The predicted molar refractivity (Wildman–Crippen MR) is 108 cm³/mol. The van der Waals surface area contributed by atoms with E-state index in [1.807, 2.05) is 24.9 Å². The van der Waals surface area contributed by atoms with Crippen molar-refractivity contribution in [2.24, 2.45) is 0 Å². The molecule has 0 spiro atoms. The van der Waals surface area contributed by atoms with Gasteiger partial charge in [0.25, 0.3) is 5.91 Å². The Labute approximate surface area is 169 Å².